The largest absolute Gasteiger partial charge is 0.379 e. The fourth-order valence-electron chi connectivity index (χ4n) is 3.19. The van der Waals surface area contributed by atoms with Crippen molar-refractivity contribution in [2.75, 3.05) is 19.1 Å². The molecule has 2 aromatic rings. The van der Waals surface area contributed by atoms with Crippen molar-refractivity contribution in [3.05, 3.63) is 29.6 Å². The minimum Gasteiger partial charge on any atom is -0.379 e. The molecule has 1 aliphatic heterocycles. The van der Waals surface area contributed by atoms with Gasteiger partial charge in [-0.05, 0) is 31.9 Å². The highest BCUT2D eigenvalue weighted by atomic mass is 35.5. The van der Waals surface area contributed by atoms with E-state index in [9.17, 15) is 5.26 Å². The molecule has 0 N–H and O–H groups in total. The number of alkyl halides is 1. The number of hydrogen-bond acceptors (Lipinski definition) is 3. The van der Waals surface area contributed by atoms with Crippen LogP contribution in [0, 0.1) is 11.3 Å². The Kier molecular flexibility index (Phi) is 3.88. The summed E-state index contributed by atoms with van der Waals surface area (Å²) in [5.74, 6) is 1.46. The van der Waals surface area contributed by atoms with Crippen LogP contribution in [0.1, 0.15) is 31.2 Å². The van der Waals surface area contributed by atoms with Gasteiger partial charge >= 0.3 is 0 Å². The number of aromatic nitrogens is 2. The number of hydrogen-bond donors (Lipinski definition) is 0. The van der Waals surface area contributed by atoms with Crippen LogP contribution >= 0.6 is 11.6 Å². The number of fused-ring (bicyclic) bond motifs is 1. The van der Waals surface area contributed by atoms with E-state index in [0.717, 1.165) is 36.3 Å². The number of nitrogens with zero attached hydrogens (tertiary/aromatic N) is 3. The molecule has 1 aliphatic rings. The topological polar surface area (TPSA) is 50.8 Å². The molecule has 0 spiro atoms. The summed E-state index contributed by atoms with van der Waals surface area (Å²) in [7, 11) is 0. The van der Waals surface area contributed by atoms with Crippen molar-refractivity contribution in [3.8, 4) is 6.07 Å². The van der Waals surface area contributed by atoms with E-state index in [2.05, 4.69) is 17.6 Å². The highest BCUT2D eigenvalue weighted by molar-refractivity contribution is 6.17. The molecule has 0 bridgehead atoms. The Morgan fingerprint density at radius 2 is 2.38 bits per heavy atom. The van der Waals surface area contributed by atoms with Crippen LogP contribution in [-0.2, 0) is 16.7 Å². The van der Waals surface area contributed by atoms with Gasteiger partial charge in [-0.15, -0.1) is 11.6 Å². The van der Waals surface area contributed by atoms with Gasteiger partial charge in [0.25, 0.3) is 0 Å². The quantitative estimate of drug-likeness (QED) is 0.818. The van der Waals surface area contributed by atoms with Gasteiger partial charge in [-0.1, -0.05) is 6.07 Å². The minimum absolute atomic E-state index is 0.123. The van der Waals surface area contributed by atoms with Crippen LogP contribution in [0.15, 0.2) is 18.2 Å². The second-order valence-electron chi connectivity index (χ2n) is 5.74. The first kappa shape index (κ1) is 14.4. The Labute approximate surface area is 129 Å². The van der Waals surface area contributed by atoms with Crippen molar-refractivity contribution in [3.63, 3.8) is 0 Å². The van der Waals surface area contributed by atoms with Gasteiger partial charge in [0, 0.05) is 18.9 Å². The van der Waals surface area contributed by atoms with E-state index >= 15 is 0 Å². The molecule has 1 atom stereocenters. The summed E-state index contributed by atoms with van der Waals surface area (Å²) in [4.78, 5) is 4.69. The summed E-state index contributed by atoms with van der Waals surface area (Å²) >= 11 is 5.94. The SMILES string of the molecule is CC1(n2c(CCCl)nc3c(C#N)cccc32)CCCOC1. The van der Waals surface area contributed by atoms with Gasteiger partial charge in [-0.3, -0.25) is 0 Å². The van der Waals surface area contributed by atoms with Gasteiger partial charge in [0.2, 0.25) is 0 Å². The number of benzene rings is 1. The van der Waals surface area contributed by atoms with Crippen LogP contribution in [-0.4, -0.2) is 28.6 Å². The second kappa shape index (κ2) is 5.67. The first-order valence-corrected chi connectivity index (χ1v) is 7.78. The molecule has 4 nitrogen and oxygen atoms in total. The standard InChI is InChI=1S/C16H18ClN3O/c1-16(7-3-9-21-11-16)20-13-5-2-4-12(10-18)15(13)19-14(20)6-8-17/h2,4-5H,3,6-9,11H2,1H3. The second-order valence-corrected chi connectivity index (χ2v) is 6.12. The number of nitriles is 1. The van der Waals surface area contributed by atoms with E-state index < -0.39 is 0 Å². The Balaban J connectivity index is 2.24. The van der Waals surface area contributed by atoms with Crippen LogP contribution in [0.25, 0.3) is 11.0 Å². The fourth-order valence-corrected chi connectivity index (χ4v) is 3.36. The zero-order valence-corrected chi connectivity index (χ0v) is 12.9. The number of aryl methyl sites for hydroxylation is 1. The lowest BCUT2D eigenvalue weighted by molar-refractivity contribution is 0.0102. The first-order valence-electron chi connectivity index (χ1n) is 7.24. The van der Waals surface area contributed by atoms with Crippen molar-refractivity contribution < 1.29 is 4.74 Å². The average Bonchev–Trinajstić information content (AvgIpc) is 2.87. The molecule has 0 saturated carbocycles. The molecule has 1 aromatic heterocycles. The maximum absolute atomic E-state index is 9.29. The van der Waals surface area contributed by atoms with Gasteiger partial charge in [-0.2, -0.15) is 5.26 Å². The van der Waals surface area contributed by atoms with Crippen molar-refractivity contribution in [1.29, 1.82) is 5.26 Å². The van der Waals surface area contributed by atoms with Crippen LogP contribution in [0.4, 0.5) is 0 Å². The van der Waals surface area contributed by atoms with Crippen molar-refractivity contribution in [1.82, 2.24) is 9.55 Å². The zero-order chi connectivity index (χ0) is 14.9. The number of halogens is 1. The highest BCUT2D eigenvalue weighted by Gasteiger charge is 2.33. The Hall–Kier alpha value is -1.57. The van der Waals surface area contributed by atoms with Crippen molar-refractivity contribution in [2.24, 2.45) is 0 Å². The van der Waals surface area contributed by atoms with Gasteiger partial charge < -0.3 is 9.30 Å². The molecule has 5 heteroatoms. The lowest BCUT2D eigenvalue weighted by Crippen LogP contribution is -2.40. The maximum Gasteiger partial charge on any atom is 0.111 e. The van der Waals surface area contributed by atoms with Gasteiger partial charge in [-0.25, -0.2) is 4.98 Å². The average molecular weight is 304 g/mol. The number of para-hydroxylation sites is 1. The van der Waals surface area contributed by atoms with E-state index in [-0.39, 0.29) is 5.54 Å². The molecule has 1 saturated heterocycles. The summed E-state index contributed by atoms with van der Waals surface area (Å²) in [5.41, 5.74) is 2.26. The molecule has 0 aliphatic carbocycles. The third kappa shape index (κ3) is 2.41. The zero-order valence-electron chi connectivity index (χ0n) is 12.1. The first-order chi connectivity index (χ1) is 10.2. The molecule has 3 rings (SSSR count). The van der Waals surface area contributed by atoms with Crippen LogP contribution in [0.2, 0.25) is 0 Å². The number of rotatable bonds is 3. The van der Waals surface area contributed by atoms with Gasteiger partial charge in [0.15, 0.2) is 0 Å². The fraction of sp³-hybridized carbons (Fsp3) is 0.500. The number of imidazole rings is 1. The third-order valence-electron chi connectivity index (χ3n) is 4.15. The third-order valence-corrected chi connectivity index (χ3v) is 4.34. The Morgan fingerprint density at radius 1 is 1.52 bits per heavy atom. The Morgan fingerprint density at radius 3 is 3.05 bits per heavy atom. The summed E-state index contributed by atoms with van der Waals surface area (Å²) in [6.07, 6.45) is 2.77. The lowest BCUT2D eigenvalue weighted by atomic mass is 9.93. The summed E-state index contributed by atoms with van der Waals surface area (Å²) < 4.78 is 7.94. The predicted molar refractivity (Wildman–Crippen MR) is 82.6 cm³/mol. The van der Waals surface area contributed by atoms with E-state index in [1.807, 2.05) is 18.2 Å². The van der Waals surface area contributed by atoms with E-state index in [0.29, 0.717) is 24.5 Å². The monoisotopic (exact) mass is 303 g/mol. The molecular weight excluding hydrogens is 286 g/mol. The molecule has 0 radical (unpaired) electrons. The maximum atomic E-state index is 9.29. The smallest absolute Gasteiger partial charge is 0.111 e. The van der Waals surface area contributed by atoms with E-state index in [1.54, 1.807) is 0 Å². The molecule has 0 amide bonds. The lowest BCUT2D eigenvalue weighted by Gasteiger charge is -2.36. The van der Waals surface area contributed by atoms with E-state index in [1.165, 1.54) is 0 Å². The molecule has 110 valence electrons. The van der Waals surface area contributed by atoms with Crippen LogP contribution < -0.4 is 0 Å². The van der Waals surface area contributed by atoms with Crippen molar-refractivity contribution >= 4 is 22.6 Å². The molecule has 1 unspecified atom stereocenters. The molecule has 21 heavy (non-hydrogen) atoms. The molecule has 1 aromatic carbocycles. The van der Waals surface area contributed by atoms with Gasteiger partial charge in [0.05, 0.1) is 23.2 Å². The minimum atomic E-state index is -0.123. The Bertz CT molecular complexity index is 695. The highest BCUT2D eigenvalue weighted by Crippen LogP contribution is 2.33. The summed E-state index contributed by atoms with van der Waals surface area (Å²) in [6, 6.07) is 7.98. The molecule has 1 fully saturated rings. The van der Waals surface area contributed by atoms with Crippen molar-refractivity contribution in [2.45, 2.75) is 31.7 Å². The van der Waals surface area contributed by atoms with Gasteiger partial charge in [0.1, 0.15) is 17.4 Å². The number of ether oxygens (including phenoxy) is 1. The molecule has 2 heterocycles. The summed E-state index contributed by atoms with van der Waals surface area (Å²) in [6.45, 7) is 3.69. The van der Waals surface area contributed by atoms with Crippen LogP contribution in [0.3, 0.4) is 0 Å². The molecular formula is C16H18ClN3O. The predicted octanol–water partition coefficient (Wildman–Crippen LogP) is 3.21. The normalized spacial score (nSPS) is 22.3. The van der Waals surface area contributed by atoms with Crippen LogP contribution in [0.5, 0.6) is 0 Å². The van der Waals surface area contributed by atoms with E-state index in [4.69, 9.17) is 21.3 Å². The summed E-state index contributed by atoms with van der Waals surface area (Å²) in [5, 5.41) is 9.29.